The molecule has 3 atom stereocenters. The van der Waals surface area contributed by atoms with Gasteiger partial charge in [-0.25, -0.2) is 4.79 Å². The summed E-state index contributed by atoms with van der Waals surface area (Å²) in [6, 6.07) is 0. The zero-order valence-corrected chi connectivity index (χ0v) is 16.4. The van der Waals surface area contributed by atoms with Gasteiger partial charge in [-0.3, -0.25) is 4.90 Å². The normalized spacial score (nSPS) is 28.6. The maximum atomic E-state index is 11.7. The van der Waals surface area contributed by atoms with E-state index in [1.54, 1.807) is 4.90 Å². The summed E-state index contributed by atoms with van der Waals surface area (Å²) in [6.45, 7) is 13.0. The number of amides is 1. The van der Waals surface area contributed by atoms with Crippen molar-refractivity contribution in [2.75, 3.05) is 45.9 Å². The molecule has 6 heteroatoms. The quantitative estimate of drug-likeness (QED) is 0.791. The van der Waals surface area contributed by atoms with Crippen molar-refractivity contribution >= 4 is 6.09 Å². The van der Waals surface area contributed by atoms with Crippen molar-refractivity contribution in [3.63, 3.8) is 0 Å². The van der Waals surface area contributed by atoms with Crippen LogP contribution in [0.3, 0.4) is 0 Å². The second-order valence-corrected chi connectivity index (χ2v) is 8.51. The lowest BCUT2D eigenvalue weighted by Crippen LogP contribution is -2.51. The molecule has 1 aliphatic heterocycles. The average molecular weight is 357 g/mol. The Balaban J connectivity index is 1.66. The summed E-state index contributed by atoms with van der Waals surface area (Å²) in [5.74, 6) is 0.682. The Labute approximate surface area is 152 Å². The van der Waals surface area contributed by atoms with Crippen molar-refractivity contribution in [1.82, 2.24) is 9.80 Å². The van der Waals surface area contributed by atoms with Gasteiger partial charge in [-0.1, -0.05) is 20.8 Å². The van der Waals surface area contributed by atoms with Crippen LogP contribution < -0.4 is 0 Å². The van der Waals surface area contributed by atoms with E-state index in [2.05, 4.69) is 25.7 Å². The number of ether oxygens (including phenoxy) is 2. The van der Waals surface area contributed by atoms with Crippen molar-refractivity contribution in [2.45, 2.75) is 59.2 Å². The van der Waals surface area contributed by atoms with Gasteiger partial charge in [-0.2, -0.15) is 0 Å². The highest BCUT2D eigenvalue weighted by atomic mass is 16.6. The lowest BCUT2D eigenvalue weighted by atomic mass is 9.71. The zero-order valence-electron chi connectivity index (χ0n) is 16.4. The summed E-state index contributed by atoms with van der Waals surface area (Å²) >= 11 is 0. The molecule has 2 rings (SSSR count). The molecule has 1 N–H and O–H groups in total. The first-order valence-corrected chi connectivity index (χ1v) is 9.73. The summed E-state index contributed by atoms with van der Waals surface area (Å²) in [4.78, 5) is 15.6. The second kappa shape index (κ2) is 9.19. The number of hydrogen-bond acceptors (Lipinski definition) is 5. The molecule has 1 saturated heterocycles. The molecular weight excluding hydrogens is 320 g/mol. The molecule has 146 valence electrons. The van der Waals surface area contributed by atoms with Crippen molar-refractivity contribution in [3.8, 4) is 0 Å². The molecule has 1 heterocycles. The van der Waals surface area contributed by atoms with Crippen LogP contribution in [0.4, 0.5) is 4.79 Å². The summed E-state index contributed by atoms with van der Waals surface area (Å²) in [5, 5.41) is 10.3. The zero-order chi connectivity index (χ0) is 18.4. The van der Waals surface area contributed by atoms with Crippen LogP contribution >= 0.6 is 0 Å². The lowest BCUT2D eigenvalue weighted by Gasteiger charge is -2.39. The molecule has 0 radical (unpaired) electrons. The molecule has 6 nitrogen and oxygen atoms in total. The van der Waals surface area contributed by atoms with Crippen LogP contribution in [0.5, 0.6) is 0 Å². The van der Waals surface area contributed by atoms with Gasteiger partial charge in [0.25, 0.3) is 0 Å². The highest BCUT2D eigenvalue weighted by molar-refractivity contribution is 5.67. The predicted molar refractivity (Wildman–Crippen MR) is 97.6 cm³/mol. The molecule has 1 aliphatic carbocycles. The maximum absolute atomic E-state index is 11.7. The topological polar surface area (TPSA) is 62.2 Å². The number of rotatable bonds is 6. The number of aliphatic hydroxyl groups is 1. The van der Waals surface area contributed by atoms with Crippen molar-refractivity contribution < 1.29 is 19.4 Å². The van der Waals surface area contributed by atoms with Gasteiger partial charge in [0.15, 0.2) is 0 Å². The van der Waals surface area contributed by atoms with Gasteiger partial charge in [0.05, 0.1) is 25.4 Å². The van der Waals surface area contributed by atoms with E-state index in [1.807, 2.05) is 6.92 Å². The molecule has 2 aliphatic rings. The van der Waals surface area contributed by atoms with E-state index in [9.17, 15) is 9.90 Å². The third-order valence-corrected chi connectivity index (χ3v) is 5.24. The fourth-order valence-electron chi connectivity index (χ4n) is 4.31. The summed E-state index contributed by atoms with van der Waals surface area (Å²) in [5.41, 5.74) is 0.330. The van der Waals surface area contributed by atoms with Crippen molar-refractivity contribution in [2.24, 2.45) is 11.3 Å². The maximum Gasteiger partial charge on any atom is 0.409 e. The van der Waals surface area contributed by atoms with Crippen molar-refractivity contribution in [3.05, 3.63) is 0 Å². The predicted octanol–water partition coefficient (Wildman–Crippen LogP) is 2.35. The van der Waals surface area contributed by atoms with E-state index in [0.717, 1.165) is 25.9 Å². The van der Waals surface area contributed by atoms with Gasteiger partial charge in [0.1, 0.15) is 0 Å². The minimum Gasteiger partial charge on any atom is -0.450 e. The first-order chi connectivity index (χ1) is 11.8. The molecule has 0 aromatic rings. The third kappa shape index (κ3) is 6.76. The molecule has 0 aromatic carbocycles. The van der Waals surface area contributed by atoms with Crippen LogP contribution in [-0.4, -0.2) is 79.1 Å². The van der Waals surface area contributed by atoms with Gasteiger partial charge in [0, 0.05) is 32.7 Å². The fraction of sp³-hybridized carbons (Fsp3) is 0.947. The number of piperazine rings is 1. The third-order valence-electron chi connectivity index (χ3n) is 5.24. The van der Waals surface area contributed by atoms with Crippen LogP contribution in [0.2, 0.25) is 0 Å². The van der Waals surface area contributed by atoms with Crippen molar-refractivity contribution in [1.29, 1.82) is 0 Å². The summed E-state index contributed by atoms with van der Waals surface area (Å²) < 4.78 is 11.1. The standard InChI is InChI=1S/C19H36N2O4/c1-5-24-18(23)21-8-6-20(7-9-21)13-16(22)14-25-17-10-15(2)11-19(3,4)12-17/h15-17,22H,5-14H2,1-4H3/t15-,16+,17-/m0/s1. The Bertz CT molecular complexity index is 422. The van der Waals surface area contributed by atoms with E-state index in [-0.39, 0.29) is 12.2 Å². The van der Waals surface area contributed by atoms with Gasteiger partial charge < -0.3 is 19.5 Å². The monoisotopic (exact) mass is 356 g/mol. The van der Waals surface area contributed by atoms with E-state index < -0.39 is 6.10 Å². The highest BCUT2D eigenvalue weighted by Crippen LogP contribution is 2.39. The first kappa shape index (κ1) is 20.5. The minimum absolute atomic E-state index is 0.236. The molecule has 2 fully saturated rings. The van der Waals surface area contributed by atoms with E-state index in [0.29, 0.717) is 44.2 Å². The molecule has 1 amide bonds. The minimum atomic E-state index is -0.477. The molecule has 0 spiro atoms. The summed E-state index contributed by atoms with van der Waals surface area (Å²) in [7, 11) is 0. The van der Waals surface area contributed by atoms with E-state index >= 15 is 0 Å². The number of nitrogens with zero attached hydrogens (tertiary/aromatic N) is 2. The molecular formula is C19H36N2O4. The second-order valence-electron chi connectivity index (χ2n) is 8.51. The van der Waals surface area contributed by atoms with Crippen LogP contribution in [0.25, 0.3) is 0 Å². The van der Waals surface area contributed by atoms with Gasteiger partial charge in [-0.05, 0) is 37.5 Å². The largest absolute Gasteiger partial charge is 0.450 e. The SMILES string of the molecule is CCOC(=O)N1CCN(C[C@@H](O)CO[C@H]2C[C@H](C)CC(C)(C)C2)CC1. The highest BCUT2D eigenvalue weighted by Gasteiger charge is 2.33. The summed E-state index contributed by atoms with van der Waals surface area (Å²) in [6.07, 6.45) is 2.96. The van der Waals surface area contributed by atoms with Gasteiger partial charge in [0.2, 0.25) is 0 Å². The Kier molecular flexibility index (Phi) is 7.52. The number of hydrogen-bond donors (Lipinski definition) is 1. The molecule has 0 unspecified atom stereocenters. The van der Waals surface area contributed by atoms with E-state index in [4.69, 9.17) is 9.47 Å². The smallest absolute Gasteiger partial charge is 0.409 e. The lowest BCUT2D eigenvalue weighted by molar-refractivity contribution is -0.0631. The Morgan fingerprint density at radius 1 is 1.24 bits per heavy atom. The van der Waals surface area contributed by atoms with E-state index in [1.165, 1.54) is 6.42 Å². The molecule has 25 heavy (non-hydrogen) atoms. The Hall–Kier alpha value is -0.850. The number of β-amino-alcohol motifs (C(OH)–C–C–N with tert-alkyl or cyclic N) is 1. The molecule has 0 aromatic heterocycles. The van der Waals surface area contributed by atoms with Crippen LogP contribution in [-0.2, 0) is 9.47 Å². The fourth-order valence-corrected chi connectivity index (χ4v) is 4.31. The number of carbonyl (C=O) groups is 1. The van der Waals surface area contributed by atoms with Crippen LogP contribution in [0.1, 0.15) is 47.0 Å². The number of carbonyl (C=O) groups excluding carboxylic acids is 1. The van der Waals surface area contributed by atoms with Crippen LogP contribution in [0.15, 0.2) is 0 Å². The molecule has 0 bridgehead atoms. The Morgan fingerprint density at radius 2 is 1.92 bits per heavy atom. The van der Waals surface area contributed by atoms with Crippen LogP contribution in [0, 0.1) is 11.3 Å². The van der Waals surface area contributed by atoms with Gasteiger partial charge in [-0.15, -0.1) is 0 Å². The Morgan fingerprint density at radius 3 is 2.52 bits per heavy atom. The van der Waals surface area contributed by atoms with Gasteiger partial charge >= 0.3 is 6.09 Å². The first-order valence-electron chi connectivity index (χ1n) is 9.73. The number of aliphatic hydroxyl groups excluding tert-OH is 1. The molecule has 1 saturated carbocycles. The average Bonchev–Trinajstić information content (AvgIpc) is 2.52.